The van der Waals surface area contributed by atoms with Crippen LogP contribution in [0, 0.1) is 17.2 Å². The number of fused-ring (bicyclic) bond motifs is 1. The molecule has 1 heterocycles. The van der Waals surface area contributed by atoms with E-state index < -0.39 is 5.92 Å². The fourth-order valence-corrected chi connectivity index (χ4v) is 2.51. The number of halogens is 2. The van der Waals surface area contributed by atoms with Gasteiger partial charge in [-0.3, -0.25) is 4.79 Å². The fourth-order valence-electron chi connectivity index (χ4n) is 2.20. The lowest BCUT2D eigenvalue weighted by atomic mass is 9.96. The number of carbonyl (C=O) groups is 1. The maximum absolute atomic E-state index is 12.1. The molecule has 4 nitrogen and oxygen atoms in total. The fraction of sp³-hybridized carbons (Fsp3) is 0.0588. The Morgan fingerprint density at radius 1 is 1.22 bits per heavy atom. The Labute approximate surface area is 142 Å². The lowest BCUT2D eigenvalue weighted by Crippen LogP contribution is -2.27. The molecule has 1 aliphatic carbocycles. The number of aliphatic imine (C=N–C) groups is 2. The monoisotopic (exact) mass is 341 g/mol. The van der Waals surface area contributed by atoms with Gasteiger partial charge in [-0.15, -0.1) is 0 Å². The van der Waals surface area contributed by atoms with Gasteiger partial charge < -0.3 is 0 Å². The Hall–Kier alpha value is -2.48. The third-order valence-electron chi connectivity index (χ3n) is 3.33. The molecule has 1 amide bonds. The molecule has 0 fully saturated rings. The van der Waals surface area contributed by atoms with E-state index in [4.69, 9.17) is 23.2 Å². The summed E-state index contributed by atoms with van der Waals surface area (Å²) in [4.78, 5) is 20.3. The molecule has 0 aromatic heterocycles. The molecule has 1 atom stereocenters. The van der Waals surface area contributed by atoms with Crippen molar-refractivity contribution in [2.24, 2.45) is 15.9 Å². The SMILES string of the molecule is N#C/C(=C\c1ccc(Cl)c(Cl)c1)C1=NC(=O)C2C=CC=CC2=N1. The van der Waals surface area contributed by atoms with Crippen molar-refractivity contribution in [3.05, 3.63) is 63.7 Å². The summed E-state index contributed by atoms with van der Waals surface area (Å²) in [5.74, 6) is -0.690. The zero-order chi connectivity index (χ0) is 16.4. The first-order chi connectivity index (χ1) is 11.1. The van der Waals surface area contributed by atoms with Gasteiger partial charge in [0.2, 0.25) is 0 Å². The normalized spacial score (nSPS) is 19.8. The highest BCUT2D eigenvalue weighted by Crippen LogP contribution is 2.24. The predicted octanol–water partition coefficient (Wildman–Crippen LogP) is 4.02. The largest absolute Gasteiger partial charge is 0.271 e. The molecule has 1 aliphatic heterocycles. The highest BCUT2D eigenvalue weighted by atomic mass is 35.5. The van der Waals surface area contributed by atoms with Gasteiger partial charge in [0.15, 0.2) is 5.84 Å². The molecule has 112 valence electrons. The Morgan fingerprint density at radius 3 is 2.78 bits per heavy atom. The molecular formula is C17H9Cl2N3O. The van der Waals surface area contributed by atoms with E-state index in [0.717, 1.165) is 0 Å². The van der Waals surface area contributed by atoms with Crippen LogP contribution in [0.2, 0.25) is 10.0 Å². The number of nitrogens with zero attached hydrogens (tertiary/aromatic N) is 3. The van der Waals surface area contributed by atoms with Crippen molar-refractivity contribution in [1.82, 2.24) is 0 Å². The topological polar surface area (TPSA) is 65.6 Å². The standard InChI is InChI=1S/C17H9Cl2N3O/c18-13-6-5-10(8-14(13)19)7-11(9-20)16-21-15-4-2-1-3-12(15)17(23)22-16/h1-8,12H/b11-7+. The van der Waals surface area contributed by atoms with Crippen molar-refractivity contribution in [3.8, 4) is 6.07 Å². The summed E-state index contributed by atoms with van der Waals surface area (Å²) < 4.78 is 0. The van der Waals surface area contributed by atoms with Gasteiger partial charge in [-0.2, -0.15) is 10.3 Å². The lowest BCUT2D eigenvalue weighted by Gasteiger charge is -2.17. The minimum Gasteiger partial charge on any atom is -0.271 e. The Kier molecular flexibility index (Phi) is 4.24. The van der Waals surface area contributed by atoms with Gasteiger partial charge in [-0.25, -0.2) is 4.99 Å². The van der Waals surface area contributed by atoms with Crippen LogP contribution in [0.15, 0.2) is 58.1 Å². The molecule has 3 rings (SSSR count). The van der Waals surface area contributed by atoms with E-state index in [1.54, 1.807) is 48.6 Å². The van der Waals surface area contributed by atoms with Crippen molar-refractivity contribution < 1.29 is 4.79 Å². The van der Waals surface area contributed by atoms with E-state index in [0.29, 0.717) is 21.3 Å². The minimum absolute atomic E-state index is 0.106. The van der Waals surface area contributed by atoms with Gasteiger partial charge in [0.25, 0.3) is 5.91 Å². The summed E-state index contributed by atoms with van der Waals surface area (Å²) in [6.45, 7) is 0. The predicted molar refractivity (Wildman–Crippen MR) is 91.7 cm³/mol. The zero-order valence-corrected chi connectivity index (χ0v) is 13.2. The van der Waals surface area contributed by atoms with Crippen LogP contribution in [0.1, 0.15) is 5.56 Å². The lowest BCUT2D eigenvalue weighted by molar-refractivity contribution is -0.118. The highest BCUT2D eigenvalue weighted by molar-refractivity contribution is 6.42. The van der Waals surface area contributed by atoms with Crippen LogP contribution in [-0.2, 0) is 4.79 Å². The molecule has 0 bridgehead atoms. The Morgan fingerprint density at radius 2 is 2.04 bits per heavy atom. The zero-order valence-electron chi connectivity index (χ0n) is 11.7. The molecule has 0 N–H and O–H groups in total. The Bertz CT molecular complexity index is 886. The van der Waals surface area contributed by atoms with E-state index in [1.807, 2.05) is 6.07 Å². The summed E-state index contributed by atoms with van der Waals surface area (Å²) in [5, 5.41) is 10.2. The van der Waals surface area contributed by atoms with Crippen LogP contribution in [0.5, 0.6) is 0 Å². The first kappa shape index (κ1) is 15.4. The number of amidine groups is 1. The maximum Gasteiger partial charge on any atom is 0.260 e. The third-order valence-corrected chi connectivity index (χ3v) is 4.07. The second kappa shape index (κ2) is 6.33. The quantitative estimate of drug-likeness (QED) is 0.762. The third kappa shape index (κ3) is 3.16. The van der Waals surface area contributed by atoms with E-state index in [1.165, 1.54) is 0 Å². The van der Waals surface area contributed by atoms with Gasteiger partial charge in [0.05, 0.1) is 21.3 Å². The van der Waals surface area contributed by atoms with Crippen LogP contribution in [0.4, 0.5) is 0 Å². The molecule has 1 aromatic carbocycles. The summed E-state index contributed by atoms with van der Waals surface area (Å²) in [5.41, 5.74) is 1.44. The molecule has 23 heavy (non-hydrogen) atoms. The molecule has 0 saturated heterocycles. The number of benzene rings is 1. The van der Waals surface area contributed by atoms with E-state index in [-0.39, 0.29) is 17.3 Å². The smallest absolute Gasteiger partial charge is 0.260 e. The minimum atomic E-state index is -0.464. The molecule has 0 spiro atoms. The Balaban J connectivity index is 2.00. The average molecular weight is 342 g/mol. The number of hydrogen-bond donors (Lipinski definition) is 0. The summed E-state index contributed by atoms with van der Waals surface area (Å²) in [7, 11) is 0. The van der Waals surface area contributed by atoms with Gasteiger partial charge >= 0.3 is 0 Å². The molecule has 6 heteroatoms. The number of allylic oxidation sites excluding steroid dienone is 3. The first-order valence-electron chi connectivity index (χ1n) is 6.71. The molecule has 1 unspecified atom stereocenters. The molecular weight excluding hydrogens is 333 g/mol. The maximum atomic E-state index is 12.1. The summed E-state index contributed by atoms with van der Waals surface area (Å²) >= 11 is 11.8. The number of carbonyl (C=O) groups excluding carboxylic acids is 1. The van der Waals surface area contributed by atoms with Gasteiger partial charge in [0.1, 0.15) is 12.0 Å². The van der Waals surface area contributed by atoms with Crippen molar-refractivity contribution in [1.29, 1.82) is 5.26 Å². The van der Waals surface area contributed by atoms with Crippen LogP contribution >= 0.6 is 23.2 Å². The summed E-state index contributed by atoms with van der Waals surface area (Å²) in [6, 6.07) is 7.01. The van der Waals surface area contributed by atoms with Gasteiger partial charge in [-0.1, -0.05) is 47.5 Å². The van der Waals surface area contributed by atoms with Crippen molar-refractivity contribution in [3.63, 3.8) is 0 Å². The molecule has 0 saturated carbocycles. The van der Waals surface area contributed by atoms with Crippen molar-refractivity contribution in [2.75, 3.05) is 0 Å². The second-order valence-corrected chi connectivity index (χ2v) is 5.69. The first-order valence-corrected chi connectivity index (χ1v) is 7.47. The van der Waals surface area contributed by atoms with Crippen LogP contribution in [-0.4, -0.2) is 17.5 Å². The van der Waals surface area contributed by atoms with Crippen molar-refractivity contribution in [2.45, 2.75) is 0 Å². The van der Waals surface area contributed by atoms with E-state index in [2.05, 4.69) is 9.98 Å². The average Bonchev–Trinajstić information content (AvgIpc) is 2.56. The molecule has 2 aliphatic rings. The van der Waals surface area contributed by atoms with Gasteiger partial charge in [-0.05, 0) is 29.8 Å². The van der Waals surface area contributed by atoms with E-state index >= 15 is 0 Å². The summed E-state index contributed by atoms with van der Waals surface area (Å²) in [6.07, 6.45) is 8.61. The molecule has 0 radical (unpaired) electrons. The second-order valence-electron chi connectivity index (χ2n) is 4.88. The van der Waals surface area contributed by atoms with Crippen LogP contribution in [0.25, 0.3) is 6.08 Å². The van der Waals surface area contributed by atoms with Crippen LogP contribution in [0.3, 0.4) is 0 Å². The number of amides is 1. The van der Waals surface area contributed by atoms with E-state index in [9.17, 15) is 10.1 Å². The van der Waals surface area contributed by atoms with Crippen molar-refractivity contribution >= 4 is 46.7 Å². The number of rotatable bonds is 2. The highest BCUT2D eigenvalue weighted by Gasteiger charge is 2.27. The van der Waals surface area contributed by atoms with Crippen LogP contribution < -0.4 is 0 Å². The number of nitriles is 1. The van der Waals surface area contributed by atoms with Gasteiger partial charge in [0, 0.05) is 0 Å². The number of hydrogen-bond acceptors (Lipinski definition) is 3. The molecule has 1 aromatic rings.